The molecule has 3 heteroatoms. The van der Waals surface area contributed by atoms with Gasteiger partial charge < -0.3 is 10.4 Å². The van der Waals surface area contributed by atoms with Crippen LogP contribution in [0.5, 0.6) is 0 Å². The van der Waals surface area contributed by atoms with Gasteiger partial charge in [-0.3, -0.25) is 4.79 Å². The van der Waals surface area contributed by atoms with E-state index in [4.69, 9.17) is 0 Å². The smallest absolute Gasteiger partial charge is 0.220 e. The van der Waals surface area contributed by atoms with E-state index in [1.54, 1.807) is 0 Å². The van der Waals surface area contributed by atoms with Gasteiger partial charge in [0.1, 0.15) is 0 Å². The van der Waals surface area contributed by atoms with E-state index in [-0.39, 0.29) is 18.1 Å². The average molecular weight is 227 g/mol. The molecule has 0 aliphatic heterocycles. The second-order valence-corrected chi connectivity index (χ2v) is 5.50. The summed E-state index contributed by atoms with van der Waals surface area (Å²) >= 11 is 0. The lowest BCUT2D eigenvalue weighted by Gasteiger charge is -2.27. The Balaban J connectivity index is 2.24. The minimum absolute atomic E-state index is 0.150. The van der Waals surface area contributed by atoms with Crippen molar-refractivity contribution in [2.45, 2.75) is 65.0 Å². The lowest BCUT2D eigenvalue weighted by molar-refractivity contribution is -0.123. The van der Waals surface area contributed by atoms with Gasteiger partial charge in [-0.2, -0.15) is 0 Å². The Hall–Kier alpha value is -0.570. The summed E-state index contributed by atoms with van der Waals surface area (Å²) in [6.07, 6.45) is 3.96. The van der Waals surface area contributed by atoms with Gasteiger partial charge in [0, 0.05) is 12.5 Å². The fourth-order valence-corrected chi connectivity index (χ4v) is 2.03. The van der Waals surface area contributed by atoms with Crippen molar-refractivity contribution in [3.8, 4) is 0 Å². The first-order valence-electron chi connectivity index (χ1n) is 6.46. The minimum atomic E-state index is -0.150. The van der Waals surface area contributed by atoms with E-state index >= 15 is 0 Å². The van der Waals surface area contributed by atoms with Crippen LogP contribution in [0.15, 0.2) is 0 Å². The van der Waals surface area contributed by atoms with Crippen LogP contribution >= 0.6 is 0 Å². The minimum Gasteiger partial charge on any atom is -0.393 e. The number of rotatable bonds is 4. The molecule has 94 valence electrons. The number of carbonyl (C=O) groups excluding carboxylic acids is 1. The first kappa shape index (κ1) is 13.5. The van der Waals surface area contributed by atoms with Gasteiger partial charge in [-0.15, -0.1) is 0 Å². The predicted octanol–water partition coefficient (Wildman–Crippen LogP) is 2.09. The van der Waals surface area contributed by atoms with Crippen LogP contribution in [-0.2, 0) is 4.79 Å². The number of aliphatic hydroxyl groups excluding tert-OH is 1. The molecule has 0 aromatic rings. The summed E-state index contributed by atoms with van der Waals surface area (Å²) in [6.45, 7) is 6.42. The highest BCUT2D eigenvalue weighted by atomic mass is 16.3. The van der Waals surface area contributed by atoms with Gasteiger partial charge in [0.15, 0.2) is 0 Å². The van der Waals surface area contributed by atoms with Crippen molar-refractivity contribution >= 4 is 5.91 Å². The molecule has 1 saturated carbocycles. The van der Waals surface area contributed by atoms with Gasteiger partial charge >= 0.3 is 0 Å². The number of amides is 1. The number of nitrogens with one attached hydrogen (secondary N) is 1. The van der Waals surface area contributed by atoms with E-state index in [9.17, 15) is 9.90 Å². The van der Waals surface area contributed by atoms with Gasteiger partial charge in [-0.25, -0.2) is 0 Å². The number of hydrogen-bond acceptors (Lipinski definition) is 2. The van der Waals surface area contributed by atoms with Crippen molar-refractivity contribution in [1.29, 1.82) is 0 Å². The standard InChI is InChI=1S/C13H25NO2/c1-9(2)10(3)8-13(16)14-11-4-6-12(15)7-5-11/h9-12,15H,4-8H2,1-3H3,(H,14,16). The second-order valence-electron chi connectivity index (χ2n) is 5.50. The van der Waals surface area contributed by atoms with E-state index in [0.29, 0.717) is 18.3 Å². The molecular formula is C13H25NO2. The molecule has 0 saturated heterocycles. The summed E-state index contributed by atoms with van der Waals surface area (Å²) in [5, 5.41) is 12.4. The van der Waals surface area contributed by atoms with E-state index in [0.717, 1.165) is 25.7 Å². The highest BCUT2D eigenvalue weighted by Gasteiger charge is 2.21. The van der Waals surface area contributed by atoms with E-state index in [1.165, 1.54) is 0 Å². The molecule has 1 amide bonds. The molecule has 1 atom stereocenters. The van der Waals surface area contributed by atoms with Crippen LogP contribution in [-0.4, -0.2) is 23.2 Å². The van der Waals surface area contributed by atoms with Crippen molar-refractivity contribution in [2.24, 2.45) is 11.8 Å². The Kier molecular flexibility index (Phi) is 5.26. The number of hydrogen-bond donors (Lipinski definition) is 2. The monoisotopic (exact) mass is 227 g/mol. The Labute approximate surface area is 98.6 Å². The lowest BCUT2D eigenvalue weighted by atomic mass is 9.91. The molecule has 1 fully saturated rings. The van der Waals surface area contributed by atoms with Crippen LogP contribution in [0, 0.1) is 11.8 Å². The molecule has 1 unspecified atom stereocenters. The van der Waals surface area contributed by atoms with Gasteiger partial charge in [0.2, 0.25) is 5.91 Å². The maximum Gasteiger partial charge on any atom is 0.220 e. The van der Waals surface area contributed by atoms with Crippen LogP contribution in [0.4, 0.5) is 0 Å². The zero-order valence-corrected chi connectivity index (χ0v) is 10.7. The summed E-state index contributed by atoms with van der Waals surface area (Å²) < 4.78 is 0. The Bertz CT molecular complexity index is 220. The molecule has 0 radical (unpaired) electrons. The number of carbonyl (C=O) groups is 1. The van der Waals surface area contributed by atoms with E-state index in [1.807, 2.05) is 0 Å². The van der Waals surface area contributed by atoms with E-state index < -0.39 is 0 Å². The average Bonchev–Trinajstić information content (AvgIpc) is 2.21. The Morgan fingerprint density at radius 3 is 2.31 bits per heavy atom. The summed E-state index contributed by atoms with van der Waals surface area (Å²) in [6, 6.07) is 0.287. The maximum atomic E-state index is 11.7. The SMILES string of the molecule is CC(C)C(C)CC(=O)NC1CCC(O)CC1. The molecule has 3 nitrogen and oxygen atoms in total. The molecule has 1 aliphatic rings. The molecule has 0 bridgehead atoms. The molecule has 1 rings (SSSR count). The van der Waals surface area contributed by atoms with Gasteiger partial charge in [0.25, 0.3) is 0 Å². The Morgan fingerprint density at radius 2 is 1.81 bits per heavy atom. The molecule has 0 spiro atoms. The maximum absolute atomic E-state index is 11.7. The fraction of sp³-hybridized carbons (Fsp3) is 0.923. The quantitative estimate of drug-likeness (QED) is 0.772. The van der Waals surface area contributed by atoms with Crippen molar-refractivity contribution < 1.29 is 9.90 Å². The van der Waals surface area contributed by atoms with Crippen molar-refractivity contribution in [3.05, 3.63) is 0 Å². The van der Waals surface area contributed by atoms with Gasteiger partial charge in [-0.1, -0.05) is 20.8 Å². The largest absolute Gasteiger partial charge is 0.393 e. The molecule has 0 aromatic heterocycles. The third-order valence-electron chi connectivity index (χ3n) is 3.71. The Morgan fingerprint density at radius 1 is 1.25 bits per heavy atom. The first-order chi connectivity index (χ1) is 7.49. The van der Waals surface area contributed by atoms with E-state index in [2.05, 4.69) is 26.1 Å². The zero-order valence-electron chi connectivity index (χ0n) is 10.7. The van der Waals surface area contributed by atoms with Gasteiger partial charge in [-0.05, 0) is 37.5 Å². The summed E-state index contributed by atoms with van der Waals surface area (Å²) in [5.41, 5.74) is 0. The molecule has 0 aromatic carbocycles. The third kappa shape index (κ3) is 4.52. The van der Waals surface area contributed by atoms with Crippen LogP contribution < -0.4 is 5.32 Å². The first-order valence-corrected chi connectivity index (χ1v) is 6.46. The van der Waals surface area contributed by atoms with Crippen LogP contribution in [0.25, 0.3) is 0 Å². The molecule has 0 heterocycles. The van der Waals surface area contributed by atoms with Crippen molar-refractivity contribution in [3.63, 3.8) is 0 Å². The highest BCUT2D eigenvalue weighted by Crippen LogP contribution is 2.19. The van der Waals surface area contributed by atoms with Gasteiger partial charge in [0.05, 0.1) is 6.10 Å². The van der Waals surface area contributed by atoms with Crippen LogP contribution in [0.1, 0.15) is 52.9 Å². The zero-order chi connectivity index (χ0) is 12.1. The molecular weight excluding hydrogens is 202 g/mol. The second kappa shape index (κ2) is 6.24. The van der Waals surface area contributed by atoms with Crippen molar-refractivity contribution in [2.75, 3.05) is 0 Å². The fourth-order valence-electron chi connectivity index (χ4n) is 2.03. The normalized spacial score (nSPS) is 27.8. The summed E-state index contributed by atoms with van der Waals surface area (Å²) in [5.74, 6) is 1.16. The van der Waals surface area contributed by atoms with Crippen LogP contribution in [0.3, 0.4) is 0 Å². The highest BCUT2D eigenvalue weighted by molar-refractivity contribution is 5.76. The molecule has 1 aliphatic carbocycles. The van der Waals surface area contributed by atoms with Crippen LogP contribution in [0.2, 0.25) is 0 Å². The predicted molar refractivity (Wildman–Crippen MR) is 65.0 cm³/mol. The topological polar surface area (TPSA) is 49.3 Å². The molecule has 16 heavy (non-hydrogen) atoms. The molecule has 2 N–H and O–H groups in total. The summed E-state index contributed by atoms with van der Waals surface area (Å²) in [7, 11) is 0. The lowest BCUT2D eigenvalue weighted by Crippen LogP contribution is -2.39. The van der Waals surface area contributed by atoms with Crippen molar-refractivity contribution in [1.82, 2.24) is 5.32 Å². The number of aliphatic hydroxyl groups is 1. The summed E-state index contributed by atoms with van der Waals surface area (Å²) in [4.78, 5) is 11.7. The third-order valence-corrected chi connectivity index (χ3v) is 3.71.